The van der Waals surface area contributed by atoms with E-state index in [1.54, 1.807) is 17.4 Å². The van der Waals surface area contributed by atoms with Gasteiger partial charge in [0.05, 0.1) is 6.04 Å². The first-order valence-corrected chi connectivity index (χ1v) is 8.12. The molecule has 0 amide bonds. The first kappa shape index (κ1) is 13.0. The minimum Gasteiger partial charge on any atom is -0.456 e. The van der Waals surface area contributed by atoms with E-state index < -0.39 is 0 Å². The van der Waals surface area contributed by atoms with Gasteiger partial charge in [-0.2, -0.15) is 0 Å². The summed E-state index contributed by atoms with van der Waals surface area (Å²) in [7, 11) is 0. The van der Waals surface area contributed by atoms with Crippen LogP contribution in [0.5, 0.6) is 0 Å². The van der Waals surface area contributed by atoms with E-state index in [4.69, 9.17) is 10.2 Å². The molecular formula is C17H16FNOS. The molecule has 3 aromatic rings. The van der Waals surface area contributed by atoms with Gasteiger partial charge < -0.3 is 10.2 Å². The number of hydrogen-bond donors (Lipinski definition) is 1. The fraction of sp³-hybridized carbons (Fsp3) is 0.294. The monoisotopic (exact) mass is 301 g/mol. The van der Waals surface area contributed by atoms with Crippen molar-refractivity contribution in [2.75, 3.05) is 0 Å². The lowest BCUT2D eigenvalue weighted by Crippen LogP contribution is -2.22. The Morgan fingerprint density at radius 3 is 3.10 bits per heavy atom. The van der Waals surface area contributed by atoms with Gasteiger partial charge in [-0.05, 0) is 48.4 Å². The van der Waals surface area contributed by atoms with Gasteiger partial charge in [0.1, 0.15) is 5.76 Å². The summed E-state index contributed by atoms with van der Waals surface area (Å²) in [6.07, 6.45) is 3.36. The molecule has 0 radical (unpaired) electrons. The lowest BCUT2D eigenvalue weighted by molar-refractivity contribution is 0.406. The van der Waals surface area contributed by atoms with E-state index in [1.165, 1.54) is 16.5 Å². The first-order valence-electron chi connectivity index (χ1n) is 7.24. The van der Waals surface area contributed by atoms with Gasteiger partial charge in [0, 0.05) is 16.2 Å². The molecule has 4 heteroatoms. The Morgan fingerprint density at radius 1 is 1.33 bits per heavy atom. The largest absolute Gasteiger partial charge is 0.456 e. The third-order valence-corrected chi connectivity index (χ3v) is 5.37. The van der Waals surface area contributed by atoms with Crippen molar-refractivity contribution in [3.63, 3.8) is 0 Å². The van der Waals surface area contributed by atoms with Crippen molar-refractivity contribution in [3.8, 4) is 0 Å². The number of fused-ring (bicyclic) bond motifs is 2. The minimum atomic E-state index is -0.328. The molecule has 0 spiro atoms. The van der Waals surface area contributed by atoms with E-state index in [9.17, 15) is 4.39 Å². The highest BCUT2D eigenvalue weighted by Crippen LogP contribution is 2.42. The molecule has 0 saturated heterocycles. The molecule has 21 heavy (non-hydrogen) atoms. The molecule has 2 nitrogen and oxygen atoms in total. The standard InChI is InChI=1S/C17H16FNOS/c18-13-5-1-3-10-9-14(20-17(10)13)16(19)12-4-2-6-15-11(12)7-8-21-15/h1,3,5,7-9,12,16H,2,4,6,19H2. The van der Waals surface area contributed by atoms with Crippen LogP contribution in [0.25, 0.3) is 11.0 Å². The number of benzene rings is 1. The maximum atomic E-state index is 13.8. The first-order chi connectivity index (χ1) is 10.2. The Kier molecular flexibility index (Phi) is 3.08. The molecule has 1 aliphatic carbocycles. The van der Waals surface area contributed by atoms with E-state index in [0.29, 0.717) is 11.3 Å². The van der Waals surface area contributed by atoms with Gasteiger partial charge in [0.25, 0.3) is 0 Å². The summed E-state index contributed by atoms with van der Waals surface area (Å²) in [6.45, 7) is 0. The second kappa shape index (κ2) is 4.97. The second-order valence-corrected chi connectivity index (χ2v) is 6.63. The average Bonchev–Trinajstić information content (AvgIpc) is 3.13. The zero-order valence-corrected chi connectivity index (χ0v) is 12.3. The van der Waals surface area contributed by atoms with Crippen molar-refractivity contribution in [2.24, 2.45) is 5.73 Å². The van der Waals surface area contributed by atoms with Crippen molar-refractivity contribution in [3.05, 3.63) is 57.7 Å². The minimum absolute atomic E-state index is 0.217. The topological polar surface area (TPSA) is 39.2 Å². The van der Waals surface area contributed by atoms with E-state index in [0.717, 1.165) is 24.6 Å². The summed E-state index contributed by atoms with van der Waals surface area (Å²) in [5.41, 5.74) is 8.10. The lowest BCUT2D eigenvalue weighted by atomic mass is 9.82. The molecule has 4 rings (SSSR count). The van der Waals surface area contributed by atoms with Gasteiger partial charge in [-0.25, -0.2) is 4.39 Å². The summed E-state index contributed by atoms with van der Waals surface area (Å²) in [5.74, 6) is 0.619. The quantitative estimate of drug-likeness (QED) is 0.741. The molecule has 0 bridgehead atoms. The molecule has 0 aliphatic heterocycles. The Labute approximate surface area is 126 Å². The molecule has 2 atom stereocenters. The lowest BCUT2D eigenvalue weighted by Gasteiger charge is -2.26. The molecule has 1 aliphatic rings. The third-order valence-electron chi connectivity index (χ3n) is 4.38. The van der Waals surface area contributed by atoms with Gasteiger partial charge in [0.15, 0.2) is 11.4 Å². The predicted molar refractivity (Wildman–Crippen MR) is 83.1 cm³/mol. The Bertz CT molecular complexity index is 791. The van der Waals surface area contributed by atoms with Gasteiger partial charge >= 0.3 is 0 Å². The van der Waals surface area contributed by atoms with Crippen LogP contribution in [-0.4, -0.2) is 0 Å². The zero-order valence-electron chi connectivity index (χ0n) is 11.5. The van der Waals surface area contributed by atoms with Crippen molar-refractivity contribution in [1.82, 2.24) is 0 Å². The van der Waals surface area contributed by atoms with Crippen LogP contribution in [0.1, 0.15) is 41.0 Å². The number of halogens is 1. The van der Waals surface area contributed by atoms with E-state index in [1.807, 2.05) is 12.1 Å². The fourth-order valence-corrected chi connectivity index (χ4v) is 4.30. The average molecular weight is 301 g/mol. The molecular weight excluding hydrogens is 285 g/mol. The maximum Gasteiger partial charge on any atom is 0.169 e. The molecule has 0 fully saturated rings. The summed E-state index contributed by atoms with van der Waals surface area (Å²) >= 11 is 1.80. The number of thiophene rings is 1. The highest BCUT2D eigenvalue weighted by atomic mass is 32.1. The van der Waals surface area contributed by atoms with E-state index >= 15 is 0 Å². The van der Waals surface area contributed by atoms with Crippen LogP contribution in [0.15, 0.2) is 40.1 Å². The third kappa shape index (κ3) is 2.10. The molecule has 108 valence electrons. The molecule has 2 unspecified atom stereocenters. The number of para-hydroxylation sites is 1. The van der Waals surface area contributed by atoms with Crippen molar-refractivity contribution < 1.29 is 8.81 Å². The highest BCUT2D eigenvalue weighted by Gasteiger charge is 2.29. The maximum absolute atomic E-state index is 13.8. The number of hydrogen-bond acceptors (Lipinski definition) is 3. The van der Waals surface area contributed by atoms with Crippen molar-refractivity contribution >= 4 is 22.3 Å². The summed E-state index contributed by atoms with van der Waals surface area (Å²) in [5, 5.41) is 2.91. The normalized spacial score (nSPS) is 19.6. The molecule has 2 heterocycles. The summed E-state index contributed by atoms with van der Waals surface area (Å²) in [4.78, 5) is 1.43. The van der Waals surface area contributed by atoms with Gasteiger partial charge in [0.2, 0.25) is 0 Å². The van der Waals surface area contributed by atoms with E-state index in [-0.39, 0.29) is 17.8 Å². The van der Waals surface area contributed by atoms with Crippen LogP contribution in [0.2, 0.25) is 0 Å². The number of rotatable bonds is 2. The van der Waals surface area contributed by atoms with Crippen LogP contribution < -0.4 is 5.73 Å². The van der Waals surface area contributed by atoms with Gasteiger partial charge in [-0.3, -0.25) is 0 Å². The second-order valence-electron chi connectivity index (χ2n) is 5.63. The molecule has 1 aromatic carbocycles. The Hall–Kier alpha value is -1.65. The Morgan fingerprint density at radius 2 is 2.24 bits per heavy atom. The van der Waals surface area contributed by atoms with Crippen LogP contribution in [0, 0.1) is 5.82 Å². The van der Waals surface area contributed by atoms with Crippen LogP contribution in [-0.2, 0) is 6.42 Å². The molecule has 2 N–H and O–H groups in total. The number of furan rings is 1. The van der Waals surface area contributed by atoms with Crippen LogP contribution >= 0.6 is 11.3 Å². The number of nitrogens with two attached hydrogens (primary N) is 1. The fourth-order valence-electron chi connectivity index (χ4n) is 3.31. The van der Waals surface area contributed by atoms with E-state index in [2.05, 4.69) is 11.4 Å². The molecule has 2 aromatic heterocycles. The molecule has 0 saturated carbocycles. The summed E-state index contributed by atoms with van der Waals surface area (Å²) in [6, 6.07) is 8.80. The predicted octanol–water partition coefficient (Wildman–Crippen LogP) is 4.75. The van der Waals surface area contributed by atoms with Crippen LogP contribution in [0.3, 0.4) is 0 Å². The van der Waals surface area contributed by atoms with Gasteiger partial charge in [-0.1, -0.05) is 12.1 Å². The summed E-state index contributed by atoms with van der Waals surface area (Å²) < 4.78 is 19.5. The van der Waals surface area contributed by atoms with Gasteiger partial charge in [-0.15, -0.1) is 11.3 Å². The Balaban J connectivity index is 1.74. The van der Waals surface area contributed by atoms with Crippen molar-refractivity contribution in [1.29, 1.82) is 0 Å². The highest BCUT2D eigenvalue weighted by molar-refractivity contribution is 7.10. The van der Waals surface area contributed by atoms with Crippen molar-refractivity contribution in [2.45, 2.75) is 31.2 Å². The SMILES string of the molecule is NC(c1cc2cccc(F)c2o1)C1CCCc2sccc21. The zero-order chi connectivity index (χ0) is 14.4. The smallest absolute Gasteiger partial charge is 0.169 e. The number of aryl methyl sites for hydroxylation is 1. The van der Waals surface area contributed by atoms with Crippen LogP contribution in [0.4, 0.5) is 4.39 Å².